The Labute approximate surface area is 198 Å². The Morgan fingerprint density at radius 1 is 1.12 bits per heavy atom. The van der Waals surface area contributed by atoms with Crippen LogP contribution in [0.25, 0.3) is 11.0 Å². The zero-order valence-corrected chi connectivity index (χ0v) is 19.5. The van der Waals surface area contributed by atoms with E-state index in [2.05, 4.69) is 14.9 Å². The van der Waals surface area contributed by atoms with E-state index in [4.69, 9.17) is 4.74 Å². The van der Waals surface area contributed by atoms with E-state index in [0.717, 1.165) is 5.56 Å². The molecule has 0 radical (unpaired) electrons. The number of halogens is 1. The van der Waals surface area contributed by atoms with Gasteiger partial charge in [0.25, 0.3) is 5.69 Å². The van der Waals surface area contributed by atoms with E-state index in [1.807, 2.05) is 30.3 Å². The van der Waals surface area contributed by atoms with Crippen LogP contribution in [0.5, 0.6) is 0 Å². The number of likely N-dealkylation sites (tertiary alicyclic amines) is 1. The monoisotopic (exact) mass is 518 g/mol. The Morgan fingerprint density at radius 3 is 2.36 bits per heavy atom. The van der Waals surface area contributed by atoms with Crippen LogP contribution < -0.4 is 11.1 Å². The smallest absolute Gasteiger partial charge is 0.316 e. The van der Waals surface area contributed by atoms with Crippen molar-refractivity contribution in [3.63, 3.8) is 0 Å². The van der Waals surface area contributed by atoms with Crippen molar-refractivity contribution < 1.29 is 14.5 Å². The Morgan fingerprint density at radius 2 is 1.76 bits per heavy atom. The normalized spacial score (nSPS) is 15.5. The number of fused-ring (bicyclic) bond motifs is 1. The molecule has 11 heteroatoms. The highest BCUT2D eigenvalue weighted by Gasteiger charge is 2.43. The zero-order chi connectivity index (χ0) is 22.9. The van der Waals surface area contributed by atoms with Crippen molar-refractivity contribution in [3.05, 3.63) is 84.4 Å². The van der Waals surface area contributed by atoms with Crippen LogP contribution in [0, 0.1) is 10.1 Å². The van der Waals surface area contributed by atoms with Crippen LogP contribution in [0.15, 0.2) is 52.1 Å². The number of carbonyl (C=O) groups is 1. The van der Waals surface area contributed by atoms with Crippen molar-refractivity contribution in [3.8, 4) is 0 Å². The van der Waals surface area contributed by atoms with Gasteiger partial charge >= 0.3 is 17.1 Å². The van der Waals surface area contributed by atoms with Crippen LogP contribution in [-0.4, -0.2) is 46.0 Å². The van der Waals surface area contributed by atoms with Crippen molar-refractivity contribution in [1.82, 2.24) is 14.9 Å². The SMILES string of the molecule is Br.COC(=O)C1(c2ccccc2)CCN(Cc2cc([N+](=O)[O-])cc3[nH]c(=O)c(=O)[nH]c23)CC1. The Kier molecular flexibility index (Phi) is 7.13. The molecule has 0 aliphatic carbocycles. The molecule has 10 nitrogen and oxygen atoms in total. The first-order chi connectivity index (χ1) is 15.3. The molecule has 2 N–H and O–H groups in total. The van der Waals surface area contributed by atoms with Gasteiger partial charge in [0, 0.05) is 18.7 Å². The summed E-state index contributed by atoms with van der Waals surface area (Å²) in [6.07, 6.45) is 1.04. The van der Waals surface area contributed by atoms with Gasteiger partial charge in [-0.15, -0.1) is 17.0 Å². The lowest BCUT2D eigenvalue weighted by Gasteiger charge is -2.40. The maximum atomic E-state index is 12.7. The maximum Gasteiger partial charge on any atom is 0.316 e. The van der Waals surface area contributed by atoms with Crippen molar-refractivity contribution in [2.45, 2.75) is 24.8 Å². The van der Waals surface area contributed by atoms with Crippen LogP contribution in [0.3, 0.4) is 0 Å². The van der Waals surface area contributed by atoms with Crippen LogP contribution in [0.1, 0.15) is 24.0 Å². The number of piperidine rings is 1. The standard InChI is InChI=1S/C22H22N4O6.BrH/c1-32-21(29)22(15-5-3-2-4-6-15)7-9-25(10-8-22)13-14-11-16(26(30)31)12-17-18(14)24-20(28)19(27)23-17;/h2-6,11-12H,7-10,13H2,1H3,(H,23,27)(H,24,28);1H. The lowest BCUT2D eigenvalue weighted by molar-refractivity contribution is -0.384. The summed E-state index contributed by atoms with van der Waals surface area (Å²) in [6.45, 7) is 1.40. The number of nitrogens with one attached hydrogen (secondary N) is 2. The highest BCUT2D eigenvalue weighted by Crippen LogP contribution is 2.37. The third kappa shape index (κ3) is 4.60. The van der Waals surface area contributed by atoms with Gasteiger partial charge in [-0.3, -0.25) is 29.4 Å². The van der Waals surface area contributed by atoms with Crippen molar-refractivity contribution in [2.24, 2.45) is 0 Å². The number of methoxy groups -OCH3 is 1. The molecule has 4 rings (SSSR count). The third-order valence-corrected chi connectivity index (χ3v) is 6.11. The summed E-state index contributed by atoms with van der Waals surface area (Å²) in [7, 11) is 1.38. The average Bonchev–Trinajstić information content (AvgIpc) is 2.80. The number of benzene rings is 2. The van der Waals surface area contributed by atoms with Gasteiger partial charge in [0.15, 0.2) is 0 Å². The number of H-pyrrole nitrogens is 2. The predicted molar refractivity (Wildman–Crippen MR) is 127 cm³/mol. The number of carbonyl (C=O) groups excluding carboxylic acids is 1. The number of nitrogens with zero attached hydrogens (tertiary/aromatic N) is 2. The second kappa shape index (κ2) is 9.67. The minimum absolute atomic E-state index is 0. The molecule has 2 heterocycles. The predicted octanol–water partition coefficient (Wildman–Crippen LogP) is 2.41. The first-order valence-corrected chi connectivity index (χ1v) is 10.1. The summed E-state index contributed by atoms with van der Waals surface area (Å²) in [6, 6.07) is 12.1. The number of ether oxygens (including phenoxy) is 1. The zero-order valence-electron chi connectivity index (χ0n) is 17.8. The summed E-state index contributed by atoms with van der Waals surface area (Å²) in [5.74, 6) is -0.286. The molecule has 0 unspecified atom stereocenters. The fourth-order valence-electron chi connectivity index (χ4n) is 4.41. The van der Waals surface area contributed by atoms with E-state index in [9.17, 15) is 24.5 Å². The number of aromatic nitrogens is 2. The molecule has 1 aromatic heterocycles. The average molecular weight is 519 g/mol. The van der Waals surface area contributed by atoms with Crippen molar-refractivity contribution in [1.29, 1.82) is 0 Å². The number of hydrogen-bond donors (Lipinski definition) is 2. The molecule has 0 saturated carbocycles. The second-order valence-electron chi connectivity index (χ2n) is 7.91. The summed E-state index contributed by atoms with van der Waals surface area (Å²) < 4.78 is 5.12. The largest absolute Gasteiger partial charge is 0.468 e. The van der Waals surface area contributed by atoms with Gasteiger partial charge in [0.2, 0.25) is 0 Å². The fourth-order valence-corrected chi connectivity index (χ4v) is 4.41. The fraction of sp³-hybridized carbons (Fsp3) is 0.318. The van der Waals surface area contributed by atoms with E-state index >= 15 is 0 Å². The maximum absolute atomic E-state index is 12.7. The molecule has 0 atom stereocenters. The summed E-state index contributed by atoms with van der Waals surface area (Å²) in [5.41, 5.74) is -0.649. The number of nitro benzene ring substituents is 1. The van der Waals surface area contributed by atoms with Gasteiger partial charge in [-0.05, 0) is 37.1 Å². The van der Waals surface area contributed by atoms with Crippen LogP contribution in [0.2, 0.25) is 0 Å². The molecule has 3 aromatic rings. The van der Waals surface area contributed by atoms with E-state index in [-0.39, 0.29) is 34.2 Å². The summed E-state index contributed by atoms with van der Waals surface area (Å²) in [5, 5.41) is 11.4. The molecule has 2 aromatic carbocycles. The van der Waals surface area contributed by atoms with Gasteiger partial charge < -0.3 is 14.7 Å². The van der Waals surface area contributed by atoms with Gasteiger partial charge in [0.1, 0.15) is 0 Å². The third-order valence-electron chi connectivity index (χ3n) is 6.11. The summed E-state index contributed by atoms with van der Waals surface area (Å²) in [4.78, 5) is 54.1. The summed E-state index contributed by atoms with van der Waals surface area (Å²) >= 11 is 0. The quantitative estimate of drug-likeness (QED) is 0.229. The molecule has 1 aliphatic heterocycles. The lowest BCUT2D eigenvalue weighted by Crippen LogP contribution is -2.47. The molecule has 1 aliphatic rings. The number of aromatic amines is 2. The highest BCUT2D eigenvalue weighted by molar-refractivity contribution is 8.93. The lowest BCUT2D eigenvalue weighted by atomic mass is 9.72. The van der Waals surface area contributed by atoms with E-state index in [1.165, 1.54) is 19.2 Å². The molecule has 0 amide bonds. The van der Waals surface area contributed by atoms with E-state index in [0.29, 0.717) is 43.6 Å². The van der Waals surface area contributed by atoms with E-state index < -0.39 is 21.5 Å². The van der Waals surface area contributed by atoms with Gasteiger partial charge in [0.05, 0.1) is 28.5 Å². The topological polar surface area (TPSA) is 138 Å². The van der Waals surface area contributed by atoms with Crippen LogP contribution in [-0.2, 0) is 21.5 Å². The number of nitro groups is 1. The molecule has 33 heavy (non-hydrogen) atoms. The minimum Gasteiger partial charge on any atom is -0.468 e. The number of rotatable bonds is 5. The number of esters is 1. The highest BCUT2D eigenvalue weighted by atomic mass is 79.9. The van der Waals surface area contributed by atoms with Crippen LogP contribution in [0.4, 0.5) is 5.69 Å². The van der Waals surface area contributed by atoms with E-state index in [1.54, 1.807) is 0 Å². The number of hydrogen-bond acceptors (Lipinski definition) is 7. The molecule has 0 bridgehead atoms. The van der Waals surface area contributed by atoms with Crippen molar-refractivity contribution in [2.75, 3.05) is 20.2 Å². The molecular formula is C22H23BrN4O6. The molecule has 0 spiro atoms. The molecule has 174 valence electrons. The number of non-ortho nitro benzene ring substituents is 1. The Hall–Kier alpha value is -3.31. The minimum atomic E-state index is -0.868. The van der Waals surface area contributed by atoms with Crippen molar-refractivity contribution >= 4 is 39.7 Å². The second-order valence-corrected chi connectivity index (χ2v) is 7.91. The van der Waals surface area contributed by atoms with Gasteiger partial charge in [-0.2, -0.15) is 0 Å². The molecule has 1 saturated heterocycles. The first-order valence-electron chi connectivity index (χ1n) is 10.1. The van der Waals surface area contributed by atoms with Crippen LogP contribution >= 0.6 is 17.0 Å². The first kappa shape index (κ1) is 24.3. The molecular weight excluding hydrogens is 496 g/mol. The van der Waals surface area contributed by atoms with Gasteiger partial charge in [-0.1, -0.05) is 30.3 Å². The molecule has 1 fully saturated rings. The Bertz CT molecular complexity index is 1300. The van der Waals surface area contributed by atoms with Gasteiger partial charge in [-0.25, -0.2) is 0 Å². The Balaban J connectivity index is 0.00000306.